The van der Waals surface area contributed by atoms with Crippen molar-refractivity contribution in [3.05, 3.63) is 0 Å². The molecule has 1 N–H and O–H groups in total. The molecule has 0 aliphatic carbocycles. The van der Waals surface area contributed by atoms with Gasteiger partial charge in [-0.05, 0) is 38.6 Å². The third-order valence-electron chi connectivity index (χ3n) is 3.77. The van der Waals surface area contributed by atoms with E-state index in [9.17, 15) is 4.79 Å². The summed E-state index contributed by atoms with van der Waals surface area (Å²) in [6, 6.07) is 0. The highest BCUT2D eigenvalue weighted by Crippen LogP contribution is 2.16. The summed E-state index contributed by atoms with van der Waals surface area (Å²) in [5.41, 5.74) is 0. The lowest BCUT2D eigenvalue weighted by Gasteiger charge is -2.31. The van der Waals surface area contributed by atoms with Crippen LogP contribution in [0.3, 0.4) is 0 Å². The number of hydrogen-bond acceptors (Lipinski definition) is 3. The molecule has 0 saturated carbocycles. The van der Waals surface area contributed by atoms with Crippen LogP contribution in [0.5, 0.6) is 0 Å². The second-order valence-electron chi connectivity index (χ2n) is 5.25. The van der Waals surface area contributed by atoms with Gasteiger partial charge in [0.25, 0.3) is 0 Å². The average Bonchev–Trinajstić information content (AvgIpc) is 2.40. The lowest BCUT2D eigenvalue weighted by atomic mass is 9.98. The zero-order valence-corrected chi connectivity index (χ0v) is 10.8. The fourth-order valence-corrected chi connectivity index (χ4v) is 2.72. The van der Waals surface area contributed by atoms with Crippen molar-refractivity contribution in [2.75, 3.05) is 33.3 Å². The molecule has 2 aliphatic rings. The normalized spacial score (nSPS) is 29.9. The number of carbonyl (C=O) groups excluding carboxylic acids is 1. The van der Waals surface area contributed by atoms with E-state index in [1.807, 2.05) is 11.9 Å². The van der Waals surface area contributed by atoms with Crippen molar-refractivity contribution in [1.29, 1.82) is 0 Å². The standard InChI is InChI=1S/C13H24N2O2/c1-15(10-12-6-2-3-8-17-12)13(16)11-5-4-7-14-9-11/h11-12,14H,2-10H2,1H3. The molecule has 0 spiro atoms. The second kappa shape index (κ2) is 6.36. The van der Waals surface area contributed by atoms with E-state index in [0.717, 1.165) is 45.5 Å². The minimum absolute atomic E-state index is 0.178. The van der Waals surface area contributed by atoms with Crippen molar-refractivity contribution < 1.29 is 9.53 Å². The van der Waals surface area contributed by atoms with Crippen LogP contribution in [0, 0.1) is 5.92 Å². The molecule has 4 nitrogen and oxygen atoms in total. The number of amides is 1. The molecule has 2 heterocycles. The monoisotopic (exact) mass is 240 g/mol. The van der Waals surface area contributed by atoms with Crippen LogP contribution in [-0.4, -0.2) is 50.2 Å². The van der Waals surface area contributed by atoms with Gasteiger partial charge in [0, 0.05) is 26.7 Å². The van der Waals surface area contributed by atoms with Gasteiger partial charge in [-0.2, -0.15) is 0 Å². The van der Waals surface area contributed by atoms with E-state index in [-0.39, 0.29) is 17.9 Å². The fraction of sp³-hybridized carbons (Fsp3) is 0.923. The van der Waals surface area contributed by atoms with Crippen molar-refractivity contribution in [3.63, 3.8) is 0 Å². The molecule has 2 rings (SSSR count). The van der Waals surface area contributed by atoms with Crippen LogP contribution in [0.25, 0.3) is 0 Å². The van der Waals surface area contributed by atoms with Crippen molar-refractivity contribution in [3.8, 4) is 0 Å². The Morgan fingerprint density at radius 3 is 2.88 bits per heavy atom. The maximum atomic E-state index is 12.2. The van der Waals surface area contributed by atoms with E-state index in [1.54, 1.807) is 0 Å². The van der Waals surface area contributed by atoms with E-state index in [2.05, 4.69) is 5.32 Å². The summed E-state index contributed by atoms with van der Waals surface area (Å²) in [6.07, 6.45) is 5.90. The van der Waals surface area contributed by atoms with Gasteiger partial charge in [0.05, 0.1) is 12.0 Å². The number of carbonyl (C=O) groups is 1. The Morgan fingerprint density at radius 2 is 2.24 bits per heavy atom. The fourth-order valence-electron chi connectivity index (χ4n) is 2.72. The van der Waals surface area contributed by atoms with Gasteiger partial charge in [0.2, 0.25) is 5.91 Å². The molecule has 0 aromatic rings. The van der Waals surface area contributed by atoms with Gasteiger partial charge in [-0.3, -0.25) is 4.79 Å². The third-order valence-corrected chi connectivity index (χ3v) is 3.77. The number of likely N-dealkylation sites (N-methyl/N-ethyl adjacent to an activating group) is 1. The van der Waals surface area contributed by atoms with Gasteiger partial charge < -0.3 is 15.0 Å². The number of piperidine rings is 1. The van der Waals surface area contributed by atoms with Crippen LogP contribution in [0.15, 0.2) is 0 Å². The van der Waals surface area contributed by atoms with E-state index < -0.39 is 0 Å². The maximum Gasteiger partial charge on any atom is 0.226 e. The number of nitrogens with zero attached hydrogens (tertiary/aromatic N) is 1. The summed E-state index contributed by atoms with van der Waals surface area (Å²) >= 11 is 0. The van der Waals surface area contributed by atoms with E-state index >= 15 is 0 Å². The van der Waals surface area contributed by atoms with Crippen LogP contribution in [0.4, 0.5) is 0 Å². The summed E-state index contributed by atoms with van der Waals surface area (Å²) < 4.78 is 5.68. The molecule has 98 valence electrons. The van der Waals surface area contributed by atoms with E-state index in [4.69, 9.17) is 4.74 Å². The van der Waals surface area contributed by atoms with Crippen LogP contribution in [0.1, 0.15) is 32.1 Å². The Morgan fingerprint density at radius 1 is 1.35 bits per heavy atom. The predicted octanol–water partition coefficient (Wildman–Crippen LogP) is 1.01. The zero-order chi connectivity index (χ0) is 12.1. The van der Waals surface area contributed by atoms with Gasteiger partial charge in [-0.1, -0.05) is 0 Å². The van der Waals surface area contributed by atoms with Gasteiger partial charge in [0.1, 0.15) is 0 Å². The van der Waals surface area contributed by atoms with Crippen LogP contribution in [0.2, 0.25) is 0 Å². The molecule has 0 aromatic carbocycles. The molecule has 17 heavy (non-hydrogen) atoms. The van der Waals surface area contributed by atoms with Gasteiger partial charge >= 0.3 is 0 Å². The van der Waals surface area contributed by atoms with Gasteiger partial charge in [-0.25, -0.2) is 0 Å². The first kappa shape index (κ1) is 12.8. The van der Waals surface area contributed by atoms with Gasteiger partial charge in [0.15, 0.2) is 0 Å². The predicted molar refractivity (Wildman–Crippen MR) is 66.8 cm³/mol. The molecule has 2 fully saturated rings. The number of hydrogen-bond donors (Lipinski definition) is 1. The molecule has 2 aliphatic heterocycles. The quantitative estimate of drug-likeness (QED) is 0.800. The Bertz CT molecular complexity index is 246. The van der Waals surface area contributed by atoms with Crippen LogP contribution in [-0.2, 0) is 9.53 Å². The molecule has 2 saturated heterocycles. The first-order chi connectivity index (χ1) is 8.27. The molecule has 0 radical (unpaired) electrons. The molecule has 1 amide bonds. The maximum absolute atomic E-state index is 12.2. The summed E-state index contributed by atoms with van der Waals surface area (Å²) in [7, 11) is 1.91. The van der Waals surface area contributed by atoms with Crippen molar-refractivity contribution in [2.45, 2.75) is 38.2 Å². The molecule has 0 bridgehead atoms. The van der Waals surface area contributed by atoms with E-state index in [1.165, 1.54) is 12.8 Å². The highest BCUT2D eigenvalue weighted by molar-refractivity contribution is 5.78. The summed E-state index contributed by atoms with van der Waals surface area (Å²) in [5.74, 6) is 0.462. The van der Waals surface area contributed by atoms with E-state index in [0.29, 0.717) is 0 Å². The van der Waals surface area contributed by atoms with Crippen LogP contribution < -0.4 is 5.32 Å². The minimum Gasteiger partial charge on any atom is -0.376 e. The largest absolute Gasteiger partial charge is 0.376 e. The Balaban J connectivity index is 1.77. The minimum atomic E-state index is 0.178. The number of rotatable bonds is 3. The topological polar surface area (TPSA) is 41.6 Å². The zero-order valence-electron chi connectivity index (χ0n) is 10.8. The molecular weight excluding hydrogens is 216 g/mol. The Kier molecular flexibility index (Phi) is 4.80. The van der Waals surface area contributed by atoms with Crippen molar-refractivity contribution in [1.82, 2.24) is 10.2 Å². The first-order valence-electron chi connectivity index (χ1n) is 6.84. The highest BCUT2D eigenvalue weighted by atomic mass is 16.5. The summed E-state index contributed by atoms with van der Waals surface area (Å²) in [6.45, 7) is 3.51. The first-order valence-corrected chi connectivity index (χ1v) is 6.84. The molecular formula is C13H24N2O2. The van der Waals surface area contributed by atoms with Crippen molar-refractivity contribution in [2.24, 2.45) is 5.92 Å². The molecule has 2 atom stereocenters. The summed E-state index contributed by atoms with van der Waals surface area (Å²) in [4.78, 5) is 14.1. The lowest BCUT2D eigenvalue weighted by Crippen LogP contribution is -2.44. The van der Waals surface area contributed by atoms with Crippen LogP contribution >= 0.6 is 0 Å². The summed E-state index contributed by atoms with van der Waals surface area (Å²) in [5, 5.41) is 3.30. The highest BCUT2D eigenvalue weighted by Gasteiger charge is 2.26. The SMILES string of the molecule is CN(CC1CCCCO1)C(=O)C1CCCNC1. The van der Waals surface area contributed by atoms with Crippen molar-refractivity contribution >= 4 is 5.91 Å². The van der Waals surface area contributed by atoms with Gasteiger partial charge in [-0.15, -0.1) is 0 Å². The smallest absolute Gasteiger partial charge is 0.226 e. The third kappa shape index (κ3) is 3.68. The molecule has 2 unspecified atom stereocenters. The Hall–Kier alpha value is -0.610. The number of ether oxygens (including phenoxy) is 1. The Labute approximate surface area is 104 Å². The molecule has 4 heteroatoms. The number of nitrogens with one attached hydrogen (secondary N) is 1. The molecule has 0 aromatic heterocycles. The lowest BCUT2D eigenvalue weighted by molar-refractivity contribution is -0.137. The average molecular weight is 240 g/mol. The second-order valence-corrected chi connectivity index (χ2v) is 5.25.